The van der Waals surface area contributed by atoms with E-state index in [0.717, 1.165) is 26.2 Å². The van der Waals surface area contributed by atoms with E-state index in [0.29, 0.717) is 12.5 Å². The van der Waals surface area contributed by atoms with E-state index in [-0.39, 0.29) is 0 Å². The summed E-state index contributed by atoms with van der Waals surface area (Å²) in [5, 5.41) is 7.24. The van der Waals surface area contributed by atoms with Gasteiger partial charge in [0.1, 0.15) is 0 Å². The SMILES string of the molecule is CCOCCCNC(=NCc1ccsc1)NN. The van der Waals surface area contributed by atoms with Crippen LogP contribution in [-0.4, -0.2) is 25.7 Å². The smallest absolute Gasteiger partial charge is 0.206 e. The molecule has 0 unspecified atom stereocenters. The molecule has 0 aliphatic heterocycles. The van der Waals surface area contributed by atoms with Gasteiger partial charge in [-0.15, -0.1) is 0 Å². The molecule has 0 saturated heterocycles. The van der Waals surface area contributed by atoms with Crippen LogP contribution in [0.25, 0.3) is 0 Å². The van der Waals surface area contributed by atoms with Crippen LogP contribution in [0.4, 0.5) is 0 Å². The molecule has 4 N–H and O–H groups in total. The molecule has 0 fully saturated rings. The van der Waals surface area contributed by atoms with Gasteiger partial charge in [-0.1, -0.05) is 0 Å². The van der Waals surface area contributed by atoms with Crippen LogP contribution in [0.3, 0.4) is 0 Å². The lowest BCUT2D eigenvalue weighted by Gasteiger charge is -2.08. The van der Waals surface area contributed by atoms with E-state index in [9.17, 15) is 0 Å². The summed E-state index contributed by atoms with van der Waals surface area (Å²) >= 11 is 1.67. The van der Waals surface area contributed by atoms with Crippen molar-refractivity contribution in [1.29, 1.82) is 0 Å². The van der Waals surface area contributed by atoms with E-state index in [2.05, 4.69) is 27.2 Å². The fourth-order valence-electron chi connectivity index (χ4n) is 1.23. The standard InChI is InChI=1S/C11H20N4OS/c1-2-16-6-3-5-13-11(15-12)14-8-10-4-7-17-9-10/h4,7,9H,2-3,5-6,8,12H2,1H3,(H2,13,14,15). The van der Waals surface area contributed by atoms with Gasteiger partial charge in [-0.25, -0.2) is 10.8 Å². The van der Waals surface area contributed by atoms with Gasteiger partial charge in [-0.3, -0.25) is 5.43 Å². The third kappa shape index (κ3) is 6.25. The molecule has 0 bridgehead atoms. The number of thiophene rings is 1. The van der Waals surface area contributed by atoms with Gasteiger partial charge in [0.2, 0.25) is 5.96 Å². The quantitative estimate of drug-likeness (QED) is 0.224. The Bertz CT molecular complexity index is 313. The maximum Gasteiger partial charge on any atom is 0.206 e. The number of ether oxygens (including phenoxy) is 1. The highest BCUT2D eigenvalue weighted by atomic mass is 32.1. The molecule has 0 radical (unpaired) electrons. The maximum atomic E-state index is 5.38. The molecular formula is C11H20N4OS. The molecule has 17 heavy (non-hydrogen) atoms. The lowest BCUT2D eigenvalue weighted by Crippen LogP contribution is -2.42. The summed E-state index contributed by atoms with van der Waals surface area (Å²) in [5.74, 6) is 6.00. The summed E-state index contributed by atoms with van der Waals surface area (Å²) in [4.78, 5) is 4.34. The number of aliphatic imine (C=N–C) groups is 1. The first kappa shape index (κ1) is 14.0. The number of nitrogens with two attached hydrogens (primary N) is 1. The number of nitrogens with zero attached hydrogens (tertiary/aromatic N) is 1. The maximum absolute atomic E-state index is 5.38. The Kier molecular flexibility index (Phi) is 7.37. The first-order valence-corrected chi connectivity index (χ1v) is 6.64. The summed E-state index contributed by atoms with van der Waals surface area (Å²) in [5.41, 5.74) is 3.75. The monoisotopic (exact) mass is 256 g/mol. The van der Waals surface area contributed by atoms with Crippen molar-refractivity contribution < 1.29 is 4.74 Å². The van der Waals surface area contributed by atoms with Crippen molar-refractivity contribution in [1.82, 2.24) is 10.7 Å². The predicted octanol–water partition coefficient (Wildman–Crippen LogP) is 1.08. The van der Waals surface area contributed by atoms with Crippen LogP contribution in [0.15, 0.2) is 21.8 Å². The Balaban J connectivity index is 2.20. The van der Waals surface area contributed by atoms with Crippen LogP contribution in [0.5, 0.6) is 0 Å². The summed E-state index contributed by atoms with van der Waals surface area (Å²) in [6.07, 6.45) is 0.937. The molecule has 1 aromatic heterocycles. The first-order chi connectivity index (χ1) is 8.36. The molecule has 0 spiro atoms. The molecule has 1 rings (SSSR count). The molecule has 1 aromatic rings. The van der Waals surface area contributed by atoms with E-state index < -0.39 is 0 Å². The van der Waals surface area contributed by atoms with Gasteiger partial charge in [0.25, 0.3) is 0 Å². The van der Waals surface area contributed by atoms with Crippen LogP contribution >= 0.6 is 11.3 Å². The average Bonchev–Trinajstić information content (AvgIpc) is 2.86. The van der Waals surface area contributed by atoms with Gasteiger partial charge in [0.15, 0.2) is 0 Å². The second kappa shape index (κ2) is 8.98. The Morgan fingerprint density at radius 1 is 1.59 bits per heavy atom. The zero-order chi connectivity index (χ0) is 12.3. The van der Waals surface area contributed by atoms with Crippen LogP contribution in [-0.2, 0) is 11.3 Å². The second-order valence-corrected chi connectivity index (χ2v) is 4.20. The minimum absolute atomic E-state index is 0.618. The molecular weight excluding hydrogens is 236 g/mol. The number of hydrogen-bond donors (Lipinski definition) is 3. The van der Waals surface area contributed by atoms with Crippen LogP contribution < -0.4 is 16.6 Å². The minimum atomic E-state index is 0.618. The molecule has 0 aliphatic rings. The van der Waals surface area contributed by atoms with Gasteiger partial charge in [0, 0.05) is 19.8 Å². The molecule has 0 aliphatic carbocycles. The third-order valence-corrected chi connectivity index (χ3v) is 2.83. The Labute approximate surface area is 106 Å². The average molecular weight is 256 g/mol. The molecule has 96 valence electrons. The predicted molar refractivity (Wildman–Crippen MR) is 71.9 cm³/mol. The molecule has 0 saturated carbocycles. The fraction of sp³-hybridized carbons (Fsp3) is 0.545. The minimum Gasteiger partial charge on any atom is -0.382 e. The lowest BCUT2D eigenvalue weighted by atomic mass is 10.3. The van der Waals surface area contributed by atoms with Crippen molar-refractivity contribution in [3.05, 3.63) is 22.4 Å². The molecule has 1 heterocycles. The fourth-order valence-corrected chi connectivity index (χ4v) is 1.89. The molecule has 0 aromatic carbocycles. The summed E-state index contributed by atoms with van der Waals surface area (Å²) in [6, 6.07) is 2.05. The highest BCUT2D eigenvalue weighted by Crippen LogP contribution is 2.06. The van der Waals surface area contributed by atoms with Crippen molar-refractivity contribution in [3.8, 4) is 0 Å². The zero-order valence-corrected chi connectivity index (χ0v) is 10.9. The number of rotatable bonds is 7. The second-order valence-electron chi connectivity index (χ2n) is 3.42. The summed E-state index contributed by atoms with van der Waals surface area (Å²) in [6.45, 7) is 4.94. The molecule has 0 amide bonds. The topological polar surface area (TPSA) is 71.7 Å². The van der Waals surface area contributed by atoms with E-state index in [4.69, 9.17) is 10.6 Å². The van der Waals surface area contributed by atoms with E-state index in [1.807, 2.05) is 12.3 Å². The Morgan fingerprint density at radius 2 is 2.47 bits per heavy atom. The molecule has 0 atom stereocenters. The zero-order valence-electron chi connectivity index (χ0n) is 10.1. The van der Waals surface area contributed by atoms with Crippen molar-refractivity contribution in [2.45, 2.75) is 19.9 Å². The first-order valence-electron chi connectivity index (χ1n) is 5.70. The van der Waals surface area contributed by atoms with E-state index in [1.165, 1.54) is 5.56 Å². The largest absolute Gasteiger partial charge is 0.382 e. The molecule has 6 heteroatoms. The van der Waals surface area contributed by atoms with Gasteiger partial charge in [-0.2, -0.15) is 11.3 Å². The highest BCUT2D eigenvalue weighted by Gasteiger charge is 1.96. The van der Waals surface area contributed by atoms with Gasteiger partial charge >= 0.3 is 0 Å². The number of hydrazine groups is 1. The Morgan fingerprint density at radius 3 is 3.12 bits per heavy atom. The highest BCUT2D eigenvalue weighted by molar-refractivity contribution is 7.07. The van der Waals surface area contributed by atoms with Gasteiger partial charge in [0.05, 0.1) is 6.54 Å². The number of guanidine groups is 1. The van der Waals surface area contributed by atoms with Crippen LogP contribution in [0, 0.1) is 0 Å². The van der Waals surface area contributed by atoms with Crippen molar-refractivity contribution in [3.63, 3.8) is 0 Å². The normalized spacial score (nSPS) is 11.5. The molecule has 5 nitrogen and oxygen atoms in total. The lowest BCUT2D eigenvalue weighted by molar-refractivity contribution is 0.145. The number of hydrogen-bond acceptors (Lipinski definition) is 4. The van der Waals surface area contributed by atoms with E-state index >= 15 is 0 Å². The van der Waals surface area contributed by atoms with Crippen LogP contribution in [0.2, 0.25) is 0 Å². The Hall–Kier alpha value is -1.11. The van der Waals surface area contributed by atoms with Crippen molar-refractivity contribution in [2.24, 2.45) is 10.8 Å². The third-order valence-electron chi connectivity index (χ3n) is 2.10. The summed E-state index contributed by atoms with van der Waals surface area (Å²) < 4.78 is 5.24. The van der Waals surface area contributed by atoms with Gasteiger partial charge in [-0.05, 0) is 35.7 Å². The summed E-state index contributed by atoms with van der Waals surface area (Å²) in [7, 11) is 0. The number of nitrogens with one attached hydrogen (secondary N) is 2. The van der Waals surface area contributed by atoms with Crippen molar-refractivity contribution >= 4 is 17.3 Å². The van der Waals surface area contributed by atoms with Gasteiger partial charge < -0.3 is 10.1 Å². The van der Waals surface area contributed by atoms with E-state index in [1.54, 1.807) is 11.3 Å². The van der Waals surface area contributed by atoms with Crippen LogP contribution in [0.1, 0.15) is 18.9 Å². The van der Waals surface area contributed by atoms with Crippen molar-refractivity contribution in [2.75, 3.05) is 19.8 Å².